The summed E-state index contributed by atoms with van der Waals surface area (Å²) in [7, 11) is 0. The summed E-state index contributed by atoms with van der Waals surface area (Å²) in [5.41, 5.74) is 0.119. The van der Waals surface area contributed by atoms with Crippen molar-refractivity contribution in [3.05, 3.63) is 29.8 Å². The average Bonchev–Trinajstić information content (AvgIpc) is 3.10. The minimum atomic E-state index is -4.27. The first kappa shape index (κ1) is 12.8. The van der Waals surface area contributed by atoms with Crippen molar-refractivity contribution in [1.29, 1.82) is 0 Å². The summed E-state index contributed by atoms with van der Waals surface area (Å²) in [6, 6.07) is 5.44. The van der Waals surface area contributed by atoms with Crippen LogP contribution in [0.15, 0.2) is 24.3 Å². The van der Waals surface area contributed by atoms with Crippen molar-refractivity contribution in [2.75, 3.05) is 11.9 Å². The maximum Gasteiger partial charge on any atom is 0.416 e. The van der Waals surface area contributed by atoms with Crippen LogP contribution in [0, 0.1) is 5.92 Å². The number of rotatable bonds is 3. The molecule has 1 aromatic rings. The zero-order chi connectivity index (χ0) is 13.5. The minimum Gasteiger partial charge on any atom is -0.380 e. The van der Waals surface area contributed by atoms with E-state index in [4.69, 9.17) is 4.74 Å². The van der Waals surface area contributed by atoms with Gasteiger partial charge >= 0.3 is 6.18 Å². The Morgan fingerprint density at radius 1 is 1.05 bits per heavy atom. The third-order valence-corrected chi connectivity index (χ3v) is 3.79. The molecule has 2 nitrogen and oxygen atoms in total. The van der Waals surface area contributed by atoms with Gasteiger partial charge in [-0.25, -0.2) is 0 Å². The molecular formula is C14H16F3NO. The molecule has 5 heteroatoms. The van der Waals surface area contributed by atoms with E-state index in [0.29, 0.717) is 5.92 Å². The van der Waals surface area contributed by atoms with Crippen LogP contribution >= 0.6 is 0 Å². The van der Waals surface area contributed by atoms with Crippen molar-refractivity contribution >= 4 is 5.69 Å². The molecule has 0 spiro atoms. The van der Waals surface area contributed by atoms with E-state index in [2.05, 4.69) is 5.32 Å². The van der Waals surface area contributed by atoms with E-state index in [1.807, 2.05) is 0 Å². The fourth-order valence-corrected chi connectivity index (χ4v) is 2.62. The Bertz CT molecular complexity index is 439. The molecule has 0 radical (unpaired) electrons. The minimum absolute atomic E-state index is 0.224. The third kappa shape index (κ3) is 2.86. The average molecular weight is 271 g/mol. The van der Waals surface area contributed by atoms with Crippen LogP contribution in [-0.4, -0.2) is 18.8 Å². The van der Waals surface area contributed by atoms with Crippen molar-refractivity contribution in [3.8, 4) is 0 Å². The van der Waals surface area contributed by atoms with Gasteiger partial charge < -0.3 is 10.1 Å². The summed E-state index contributed by atoms with van der Waals surface area (Å²) in [4.78, 5) is 0. The lowest BCUT2D eigenvalue weighted by Crippen LogP contribution is -2.30. The largest absolute Gasteiger partial charge is 0.416 e. The Labute approximate surface area is 109 Å². The van der Waals surface area contributed by atoms with E-state index >= 15 is 0 Å². The van der Waals surface area contributed by atoms with Gasteiger partial charge in [0.15, 0.2) is 0 Å². The van der Waals surface area contributed by atoms with Crippen molar-refractivity contribution in [3.63, 3.8) is 0 Å². The van der Waals surface area contributed by atoms with Gasteiger partial charge in [0.1, 0.15) is 0 Å². The standard InChI is InChI=1S/C14H16F3NO/c15-14(16,17)10-3-5-11(6-4-10)18-12-7-8-19-13(12)9-1-2-9/h3-6,9,12-13,18H,1-2,7-8H2. The van der Waals surface area contributed by atoms with Crippen LogP contribution in [-0.2, 0) is 10.9 Å². The Balaban J connectivity index is 1.66. The van der Waals surface area contributed by atoms with Gasteiger partial charge in [-0.15, -0.1) is 0 Å². The highest BCUT2D eigenvalue weighted by Gasteiger charge is 2.40. The maximum absolute atomic E-state index is 12.5. The molecule has 2 aliphatic rings. The molecule has 1 heterocycles. The lowest BCUT2D eigenvalue weighted by atomic mass is 10.1. The second-order valence-electron chi connectivity index (χ2n) is 5.29. The van der Waals surface area contributed by atoms with Crippen molar-refractivity contribution in [1.82, 2.24) is 0 Å². The van der Waals surface area contributed by atoms with Gasteiger partial charge in [-0.1, -0.05) is 0 Å². The SMILES string of the molecule is FC(F)(F)c1ccc(NC2CCOC2C2CC2)cc1. The Morgan fingerprint density at radius 2 is 1.74 bits per heavy atom. The molecule has 1 saturated heterocycles. The monoisotopic (exact) mass is 271 g/mol. The number of nitrogens with one attached hydrogen (secondary N) is 1. The van der Waals surface area contributed by atoms with Crippen LogP contribution in [0.3, 0.4) is 0 Å². The van der Waals surface area contributed by atoms with Crippen LogP contribution in [0.2, 0.25) is 0 Å². The first-order valence-corrected chi connectivity index (χ1v) is 6.59. The number of anilines is 1. The summed E-state index contributed by atoms with van der Waals surface area (Å²) < 4.78 is 43.1. The molecule has 19 heavy (non-hydrogen) atoms. The normalized spacial score (nSPS) is 27.5. The molecule has 3 rings (SSSR count). The van der Waals surface area contributed by atoms with Crippen LogP contribution in [0.4, 0.5) is 18.9 Å². The second kappa shape index (κ2) is 4.71. The van der Waals surface area contributed by atoms with E-state index in [0.717, 1.165) is 30.8 Å². The first-order valence-electron chi connectivity index (χ1n) is 6.59. The van der Waals surface area contributed by atoms with Gasteiger partial charge in [-0.05, 0) is 49.4 Å². The summed E-state index contributed by atoms with van der Waals surface area (Å²) in [5, 5.41) is 3.30. The molecule has 2 unspecified atom stereocenters. The number of halogens is 3. The number of hydrogen-bond acceptors (Lipinski definition) is 2. The molecule has 1 aromatic carbocycles. The highest BCUT2D eigenvalue weighted by molar-refractivity contribution is 5.46. The van der Waals surface area contributed by atoms with E-state index < -0.39 is 11.7 Å². The number of hydrogen-bond donors (Lipinski definition) is 1. The summed E-state index contributed by atoms with van der Waals surface area (Å²) in [5.74, 6) is 0.634. The van der Waals surface area contributed by atoms with E-state index in [1.165, 1.54) is 25.0 Å². The van der Waals surface area contributed by atoms with E-state index in [9.17, 15) is 13.2 Å². The molecule has 104 valence electrons. The van der Waals surface area contributed by atoms with Crippen molar-refractivity contribution in [2.24, 2.45) is 5.92 Å². The zero-order valence-corrected chi connectivity index (χ0v) is 10.4. The topological polar surface area (TPSA) is 21.3 Å². The van der Waals surface area contributed by atoms with Crippen molar-refractivity contribution in [2.45, 2.75) is 37.6 Å². The van der Waals surface area contributed by atoms with Gasteiger partial charge in [0.05, 0.1) is 17.7 Å². The molecule has 1 aliphatic heterocycles. The number of benzene rings is 1. The Kier molecular flexibility index (Phi) is 3.17. The van der Waals surface area contributed by atoms with Crippen LogP contribution in [0.5, 0.6) is 0 Å². The molecule has 0 amide bonds. The predicted molar refractivity (Wildman–Crippen MR) is 65.9 cm³/mol. The first-order chi connectivity index (χ1) is 9.04. The quantitative estimate of drug-likeness (QED) is 0.905. The smallest absolute Gasteiger partial charge is 0.380 e. The highest BCUT2D eigenvalue weighted by atomic mass is 19.4. The third-order valence-electron chi connectivity index (χ3n) is 3.79. The summed E-state index contributed by atoms with van der Waals surface area (Å²) in [6.45, 7) is 0.736. The molecule has 1 saturated carbocycles. The maximum atomic E-state index is 12.5. The highest BCUT2D eigenvalue weighted by Crippen LogP contribution is 2.39. The molecule has 0 bridgehead atoms. The molecule has 1 aliphatic carbocycles. The van der Waals surface area contributed by atoms with Gasteiger partial charge in [-0.2, -0.15) is 13.2 Å². The molecule has 2 fully saturated rings. The predicted octanol–water partition coefficient (Wildman–Crippen LogP) is 3.68. The van der Waals surface area contributed by atoms with E-state index in [1.54, 1.807) is 0 Å². The summed E-state index contributed by atoms with van der Waals surface area (Å²) in [6.07, 6.45) is -0.721. The Morgan fingerprint density at radius 3 is 2.32 bits per heavy atom. The fraction of sp³-hybridized carbons (Fsp3) is 0.571. The van der Waals surface area contributed by atoms with Crippen LogP contribution in [0.25, 0.3) is 0 Å². The number of ether oxygens (including phenoxy) is 1. The molecule has 1 N–H and O–H groups in total. The summed E-state index contributed by atoms with van der Waals surface area (Å²) >= 11 is 0. The van der Waals surface area contributed by atoms with Crippen molar-refractivity contribution < 1.29 is 17.9 Å². The van der Waals surface area contributed by atoms with Crippen LogP contribution < -0.4 is 5.32 Å². The lowest BCUT2D eigenvalue weighted by Gasteiger charge is -2.20. The van der Waals surface area contributed by atoms with Gasteiger partial charge in [-0.3, -0.25) is 0 Å². The van der Waals surface area contributed by atoms with Gasteiger partial charge in [0.25, 0.3) is 0 Å². The Hall–Kier alpha value is -1.23. The van der Waals surface area contributed by atoms with Crippen LogP contribution in [0.1, 0.15) is 24.8 Å². The number of alkyl halides is 3. The fourth-order valence-electron chi connectivity index (χ4n) is 2.62. The zero-order valence-electron chi connectivity index (χ0n) is 10.4. The molecule has 0 aromatic heterocycles. The van der Waals surface area contributed by atoms with E-state index in [-0.39, 0.29) is 12.1 Å². The van der Waals surface area contributed by atoms with Gasteiger partial charge in [0, 0.05) is 12.3 Å². The molecule has 2 atom stereocenters. The van der Waals surface area contributed by atoms with Gasteiger partial charge in [0.2, 0.25) is 0 Å². The second-order valence-corrected chi connectivity index (χ2v) is 5.29. The molecular weight excluding hydrogens is 255 g/mol. The lowest BCUT2D eigenvalue weighted by molar-refractivity contribution is -0.137.